The molecule has 15 heavy (non-hydrogen) atoms. The second-order valence-corrected chi connectivity index (χ2v) is 7.39. The Kier molecular flexibility index (Phi) is 4.20. The van der Waals surface area contributed by atoms with Gasteiger partial charge in [0.1, 0.15) is 0 Å². The van der Waals surface area contributed by atoms with Crippen LogP contribution in [0.15, 0.2) is 67.0 Å². The number of hydrogen-bond donors (Lipinski definition) is 0. The number of rotatable bonds is 4. The van der Waals surface area contributed by atoms with Crippen molar-refractivity contribution >= 4 is 29.1 Å². The molecule has 0 nitrogen and oxygen atoms in total. The first-order valence-corrected chi connectivity index (χ1v) is 7.44. The topological polar surface area (TPSA) is 0 Å². The summed E-state index contributed by atoms with van der Waals surface area (Å²) in [7, 11) is 0. The summed E-state index contributed by atoms with van der Waals surface area (Å²) in [6.45, 7) is 7.57. The Morgan fingerprint density at radius 1 is 1.27 bits per heavy atom. The van der Waals surface area contributed by atoms with Crippen molar-refractivity contribution in [3.05, 3.63) is 67.0 Å². The first kappa shape index (κ1) is 12.1. The van der Waals surface area contributed by atoms with Crippen LogP contribution in [0.2, 0.25) is 0 Å². The van der Waals surface area contributed by atoms with Crippen molar-refractivity contribution in [3.63, 3.8) is 0 Å². The van der Waals surface area contributed by atoms with Crippen LogP contribution in [0.1, 0.15) is 0 Å². The summed E-state index contributed by atoms with van der Waals surface area (Å²) in [4.78, 5) is 0. The van der Waals surface area contributed by atoms with Gasteiger partial charge in [0, 0.05) is 6.24 Å². The highest BCUT2D eigenvalue weighted by Crippen LogP contribution is 2.56. The van der Waals surface area contributed by atoms with Gasteiger partial charge in [0.2, 0.25) is 0 Å². The highest BCUT2D eigenvalue weighted by atomic mass is 35.7. The molecule has 0 radical (unpaired) electrons. The van der Waals surface area contributed by atoms with Crippen molar-refractivity contribution in [2.24, 2.45) is 0 Å². The third kappa shape index (κ3) is 2.99. The van der Waals surface area contributed by atoms with Crippen LogP contribution in [0.4, 0.5) is 0 Å². The van der Waals surface area contributed by atoms with Gasteiger partial charge in [-0.1, -0.05) is 79.3 Å². The molecule has 0 aliphatic carbocycles. The highest BCUT2D eigenvalue weighted by Gasteiger charge is 2.14. The predicted molar refractivity (Wildman–Crippen MR) is 74.4 cm³/mol. The average molecular weight is 237 g/mol. The molecule has 0 N–H and O–H groups in total. The third-order valence-electron chi connectivity index (χ3n) is 2.05. The van der Waals surface area contributed by atoms with E-state index in [0.29, 0.717) is 0 Å². The second-order valence-electron chi connectivity index (χ2n) is 3.14. The van der Waals surface area contributed by atoms with E-state index in [4.69, 9.17) is 11.2 Å². The van der Waals surface area contributed by atoms with Gasteiger partial charge in [-0.2, -0.15) is 0 Å². The van der Waals surface area contributed by atoms with E-state index in [9.17, 15) is 0 Å². The van der Waals surface area contributed by atoms with Crippen LogP contribution in [-0.2, 0) is 0 Å². The molecule has 1 rings (SSSR count). The Morgan fingerprint density at radius 2 is 1.87 bits per heavy atom. The van der Waals surface area contributed by atoms with Crippen molar-refractivity contribution < 1.29 is 0 Å². The molecule has 0 spiro atoms. The van der Waals surface area contributed by atoms with E-state index >= 15 is 0 Å². The van der Waals surface area contributed by atoms with E-state index in [2.05, 4.69) is 19.5 Å². The highest BCUT2D eigenvalue weighted by molar-refractivity contribution is 8.05. The normalized spacial score (nSPS) is 14.7. The predicted octanol–water partition coefficient (Wildman–Crippen LogP) is 4.17. The molecule has 0 aliphatic heterocycles. The fraction of sp³-hybridized carbons (Fsp3) is 0. The van der Waals surface area contributed by atoms with Gasteiger partial charge in [0.05, 0.1) is 0 Å². The molecule has 0 amide bonds. The third-order valence-corrected chi connectivity index (χ3v) is 5.46. The smallest absolute Gasteiger partial charge is 0.0263 e. The molecular formula is C13H14ClP. The van der Waals surface area contributed by atoms with Crippen molar-refractivity contribution in [1.82, 2.24) is 0 Å². The SMILES string of the molecule is C=CC=CC(=C)P(=C)(Cl)c1ccccc1. The van der Waals surface area contributed by atoms with Crippen LogP contribution in [0, 0.1) is 0 Å². The molecule has 0 heterocycles. The largest absolute Gasteiger partial charge is 0.0991 e. The van der Waals surface area contributed by atoms with Gasteiger partial charge in [0.25, 0.3) is 0 Å². The Morgan fingerprint density at radius 3 is 2.40 bits per heavy atom. The lowest BCUT2D eigenvalue weighted by Gasteiger charge is -2.17. The zero-order valence-electron chi connectivity index (χ0n) is 8.57. The Hall–Kier alpha value is -0.970. The van der Waals surface area contributed by atoms with Crippen molar-refractivity contribution in [3.8, 4) is 0 Å². The molecule has 0 aromatic heterocycles. The van der Waals surface area contributed by atoms with Crippen LogP contribution >= 0.6 is 17.5 Å². The molecule has 0 saturated heterocycles. The molecule has 78 valence electrons. The molecular weight excluding hydrogens is 223 g/mol. The lowest BCUT2D eigenvalue weighted by molar-refractivity contribution is 1.77. The van der Waals surface area contributed by atoms with E-state index < -0.39 is 6.24 Å². The standard InChI is InChI=1S/C13H14ClP/c1-4-5-9-12(2)15(3,14)13-10-7-6-8-11-13/h4-11H,1-3H2. The molecule has 1 unspecified atom stereocenters. The zero-order valence-corrected chi connectivity index (χ0v) is 10.2. The quantitative estimate of drug-likeness (QED) is 0.544. The second kappa shape index (κ2) is 5.21. The first-order chi connectivity index (χ1) is 7.09. The van der Waals surface area contributed by atoms with Crippen LogP contribution in [0.5, 0.6) is 0 Å². The van der Waals surface area contributed by atoms with Crippen molar-refractivity contribution in [2.45, 2.75) is 0 Å². The van der Waals surface area contributed by atoms with Gasteiger partial charge in [-0.15, -0.1) is 0 Å². The van der Waals surface area contributed by atoms with Crippen LogP contribution in [0.3, 0.4) is 0 Å². The Labute approximate surface area is 96.4 Å². The van der Waals surface area contributed by atoms with E-state index in [1.54, 1.807) is 6.08 Å². The summed E-state index contributed by atoms with van der Waals surface area (Å²) in [6.07, 6.45) is 7.46. The van der Waals surface area contributed by atoms with Crippen LogP contribution < -0.4 is 5.30 Å². The number of allylic oxidation sites excluding steroid dienone is 4. The van der Waals surface area contributed by atoms with Crippen LogP contribution in [-0.4, -0.2) is 6.30 Å². The molecule has 1 aromatic carbocycles. The van der Waals surface area contributed by atoms with E-state index in [-0.39, 0.29) is 0 Å². The average Bonchev–Trinajstić information content (AvgIpc) is 2.27. The van der Waals surface area contributed by atoms with Gasteiger partial charge < -0.3 is 0 Å². The summed E-state index contributed by atoms with van der Waals surface area (Å²) in [5.41, 5.74) is 0. The monoisotopic (exact) mass is 236 g/mol. The fourth-order valence-electron chi connectivity index (χ4n) is 1.13. The molecule has 0 bridgehead atoms. The zero-order chi connectivity index (χ0) is 11.3. The summed E-state index contributed by atoms with van der Waals surface area (Å²) >= 11 is 6.46. The molecule has 2 heteroatoms. The summed E-state index contributed by atoms with van der Waals surface area (Å²) < 4.78 is 0. The molecule has 1 aromatic rings. The van der Waals surface area contributed by atoms with Gasteiger partial charge in [0.15, 0.2) is 0 Å². The van der Waals surface area contributed by atoms with Crippen LogP contribution in [0.25, 0.3) is 0 Å². The maximum Gasteiger partial charge on any atom is 0.0263 e. The minimum atomic E-state index is -2.02. The van der Waals surface area contributed by atoms with Gasteiger partial charge in [-0.05, 0) is 10.6 Å². The van der Waals surface area contributed by atoms with Gasteiger partial charge >= 0.3 is 0 Å². The Balaban J connectivity index is 3.03. The number of hydrogen-bond acceptors (Lipinski definition) is 0. The molecule has 0 saturated carbocycles. The van der Waals surface area contributed by atoms with Gasteiger partial charge in [-0.25, -0.2) is 0 Å². The number of benzene rings is 1. The maximum absolute atomic E-state index is 6.46. The van der Waals surface area contributed by atoms with Gasteiger partial charge in [-0.3, -0.25) is 0 Å². The summed E-state index contributed by atoms with van der Waals surface area (Å²) in [6, 6.07) is 9.86. The van der Waals surface area contributed by atoms with E-state index in [1.807, 2.05) is 42.5 Å². The molecule has 0 aliphatic rings. The van der Waals surface area contributed by atoms with Crippen molar-refractivity contribution in [1.29, 1.82) is 0 Å². The van der Waals surface area contributed by atoms with E-state index in [0.717, 1.165) is 10.6 Å². The maximum atomic E-state index is 6.46. The lowest BCUT2D eigenvalue weighted by atomic mass is 10.4. The van der Waals surface area contributed by atoms with E-state index in [1.165, 1.54) is 0 Å². The Bertz CT molecular complexity index is 429. The summed E-state index contributed by atoms with van der Waals surface area (Å²) in [5, 5.41) is 1.90. The van der Waals surface area contributed by atoms with Crippen molar-refractivity contribution in [2.75, 3.05) is 0 Å². The fourth-order valence-corrected chi connectivity index (χ4v) is 2.93. The lowest BCUT2D eigenvalue weighted by Crippen LogP contribution is -2.00. The minimum Gasteiger partial charge on any atom is -0.0991 e. The molecule has 0 fully saturated rings. The number of halogens is 1. The molecule has 1 atom stereocenters. The first-order valence-electron chi connectivity index (χ1n) is 4.56. The minimum absolute atomic E-state index is 0.857. The summed E-state index contributed by atoms with van der Waals surface area (Å²) in [5.74, 6) is 0.